The molecule has 27 heavy (non-hydrogen) atoms. The molecule has 7 nitrogen and oxygen atoms in total. The lowest BCUT2D eigenvalue weighted by Crippen LogP contribution is -2.42. The van der Waals surface area contributed by atoms with E-state index >= 15 is 0 Å². The molecule has 0 bridgehead atoms. The first-order chi connectivity index (χ1) is 12.7. The van der Waals surface area contributed by atoms with Gasteiger partial charge in [-0.05, 0) is 24.0 Å². The normalized spacial score (nSPS) is 12.4. The fraction of sp³-hybridized carbons (Fsp3) is 0.444. The Morgan fingerprint density at radius 3 is 2.44 bits per heavy atom. The number of nitrogens with two attached hydrogens (primary N) is 1. The van der Waals surface area contributed by atoms with Crippen molar-refractivity contribution in [3.63, 3.8) is 0 Å². The number of imide groups is 1. The molecular weight excluding hydrogens is 369 g/mol. The fourth-order valence-corrected chi connectivity index (χ4v) is 3.59. The molecule has 3 amide bonds. The van der Waals surface area contributed by atoms with Crippen LogP contribution in [0.4, 0.5) is 9.18 Å². The van der Waals surface area contributed by atoms with E-state index in [9.17, 15) is 14.0 Å². The van der Waals surface area contributed by atoms with Crippen molar-refractivity contribution in [3.8, 4) is 11.4 Å². The Bertz CT molecular complexity index is 822. The molecule has 1 aromatic heterocycles. The zero-order chi connectivity index (χ0) is 20.1. The second kappa shape index (κ2) is 8.98. The van der Waals surface area contributed by atoms with Crippen molar-refractivity contribution >= 4 is 23.7 Å². The minimum Gasteiger partial charge on any atom is -0.351 e. The van der Waals surface area contributed by atoms with Gasteiger partial charge in [-0.15, -0.1) is 10.2 Å². The molecule has 0 spiro atoms. The average Bonchev–Trinajstić information content (AvgIpc) is 2.93. The average molecular weight is 393 g/mol. The van der Waals surface area contributed by atoms with Gasteiger partial charge in [-0.3, -0.25) is 10.1 Å². The lowest BCUT2D eigenvalue weighted by molar-refractivity contribution is -0.120. The summed E-state index contributed by atoms with van der Waals surface area (Å²) in [5.41, 5.74) is 5.41. The maximum atomic E-state index is 14.3. The SMILES string of the molecule is CC(C)Cn1c(SC(C(=O)NC(N)=O)C(C)C)nnc1-c1ccccc1F. The minimum atomic E-state index is -0.901. The van der Waals surface area contributed by atoms with Crippen molar-refractivity contribution in [2.45, 2.75) is 44.6 Å². The summed E-state index contributed by atoms with van der Waals surface area (Å²) in [6.45, 7) is 8.33. The van der Waals surface area contributed by atoms with Crippen LogP contribution in [-0.4, -0.2) is 32.0 Å². The number of thioether (sulfide) groups is 1. The number of rotatable bonds is 7. The maximum Gasteiger partial charge on any atom is 0.318 e. The van der Waals surface area contributed by atoms with Crippen LogP contribution in [0.3, 0.4) is 0 Å². The molecule has 0 saturated carbocycles. The highest BCUT2D eigenvalue weighted by molar-refractivity contribution is 8.00. The zero-order valence-electron chi connectivity index (χ0n) is 15.8. The van der Waals surface area contributed by atoms with Crippen molar-refractivity contribution in [1.29, 1.82) is 0 Å². The van der Waals surface area contributed by atoms with E-state index in [1.165, 1.54) is 17.8 Å². The van der Waals surface area contributed by atoms with Crippen molar-refractivity contribution in [3.05, 3.63) is 30.1 Å². The van der Waals surface area contributed by atoms with Crippen LogP contribution in [0.5, 0.6) is 0 Å². The van der Waals surface area contributed by atoms with Gasteiger partial charge >= 0.3 is 6.03 Å². The summed E-state index contributed by atoms with van der Waals surface area (Å²) in [5, 5.41) is 10.3. The summed E-state index contributed by atoms with van der Waals surface area (Å²) < 4.78 is 16.1. The Hall–Kier alpha value is -2.42. The third-order valence-electron chi connectivity index (χ3n) is 3.72. The Kier molecular flexibility index (Phi) is 6.95. The van der Waals surface area contributed by atoms with Crippen molar-refractivity contribution in [2.24, 2.45) is 17.6 Å². The Morgan fingerprint density at radius 2 is 1.89 bits per heavy atom. The van der Waals surface area contributed by atoms with Crippen LogP contribution in [-0.2, 0) is 11.3 Å². The molecule has 0 radical (unpaired) electrons. The molecule has 0 saturated heterocycles. The number of halogens is 1. The summed E-state index contributed by atoms with van der Waals surface area (Å²) >= 11 is 1.18. The van der Waals surface area contributed by atoms with Gasteiger partial charge in [0.1, 0.15) is 5.82 Å². The molecule has 0 aliphatic rings. The van der Waals surface area contributed by atoms with Crippen LogP contribution >= 0.6 is 11.8 Å². The number of nitrogens with zero attached hydrogens (tertiary/aromatic N) is 3. The minimum absolute atomic E-state index is 0.0875. The molecule has 2 aromatic rings. The largest absolute Gasteiger partial charge is 0.351 e. The highest BCUT2D eigenvalue weighted by atomic mass is 32.2. The smallest absolute Gasteiger partial charge is 0.318 e. The highest BCUT2D eigenvalue weighted by Gasteiger charge is 2.28. The standard InChI is InChI=1S/C18H24FN5O2S/c1-10(2)9-24-15(12-7-5-6-8-13(12)19)22-23-18(24)27-14(11(3)4)16(25)21-17(20)26/h5-8,10-11,14H,9H2,1-4H3,(H3,20,21,25,26). The molecule has 0 fully saturated rings. The summed E-state index contributed by atoms with van der Waals surface area (Å²) in [6.07, 6.45) is 0. The number of hydrogen-bond donors (Lipinski definition) is 2. The molecule has 9 heteroatoms. The number of benzene rings is 1. The predicted molar refractivity (Wildman–Crippen MR) is 102 cm³/mol. The number of nitrogens with one attached hydrogen (secondary N) is 1. The molecule has 0 aliphatic heterocycles. The zero-order valence-corrected chi connectivity index (χ0v) is 16.6. The molecule has 1 heterocycles. The number of amides is 3. The first kappa shape index (κ1) is 20.9. The second-order valence-corrected chi connectivity index (χ2v) is 8.04. The quantitative estimate of drug-likeness (QED) is 0.704. The van der Waals surface area contributed by atoms with Gasteiger partial charge in [0.25, 0.3) is 0 Å². The maximum absolute atomic E-state index is 14.3. The van der Waals surface area contributed by atoms with Crippen LogP contribution in [0.1, 0.15) is 27.7 Å². The van der Waals surface area contributed by atoms with E-state index in [4.69, 9.17) is 5.73 Å². The van der Waals surface area contributed by atoms with Gasteiger partial charge < -0.3 is 10.3 Å². The Morgan fingerprint density at radius 1 is 1.22 bits per heavy atom. The topological polar surface area (TPSA) is 103 Å². The van der Waals surface area contributed by atoms with Crippen molar-refractivity contribution in [1.82, 2.24) is 20.1 Å². The molecule has 1 unspecified atom stereocenters. The summed E-state index contributed by atoms with van der Waals surface area (Å²) in [4.78, 5) is 23.3. The van der Waals surface area contributed by atoms with Crippen LogP contribution in [0, 0.1) is 17.7 Å². The predicted octanol–water partition coefficient (Wildman–Crippen LogP) is 3.05. The first-order valence-corrected chi connectivity index (χ1v) is 9.53. The fourth-order valence-electron chi connectivity index (χ4n) is 2.55. The monoisotopic (exact) mass is 393 g/mol. The van der Waals surface area contributed by atoms with E-state index in [1.807, 2.05) is 27.7 Å². The van der Waals surface area contributed by atoms with E-state index in [0.717, 1.165) is 0 Å². The van der Waals surface area contributed by atoms with Gasteiger partial charge in [-0.2, -0.15) is 0 Å². The van der Waals surface area contributed by atoms with Gasteiger partial charge in [0.15, 0.2) is 11.0 Å². The van der Waals surface area contributed by atoms with Gasteiger partial charge in [0.2, 0.25) is 5.91 Å². The molecule has 0 aliphatic carbocycles. The van der Waals surface area contributed by atoms with Gasteiger partial charge in [-0.1, -0.05) is 51.6 Å². The van der Waals surface area contributed by atoms with E-state index in [2.05, 4.69) is 15.5 Å². The van der Waals surface area contributed by atoms with E-state index in [0.29, 0.717) is 23.1 Å². The molecule has 2 rings (SSSR count). The number of hydrogen-bond acceptors (Lipinski definition) is 5. The van der Waals surface area contributed by atoms with Crippen LogP contribution < -0.4 is 11.1 Å². The summed E-state index contributed by atoms with van der Waals surface area (Å²) in [6, 6.07) is 5.46. The van der Waals surface area contributed by atoms with Gasteiger partial charge in [0, 0.05) is 6.54 Å². The van der Waals surface area contributed by atoms with Crippen LogP contribution in [0.25, 0.3) is 11.4 Å². The third-order valence-corrected chi connectivity index (χ3v) is 5.25. The summed E-state index contributed by atoms with van der Waals surface area (Å²) in [7, 11) is 0. The number of carbonyl (C=O) groups excluding carboxylic acids is 2. The highest BCUT2D eigenvalue weighted by Crippen LogP contribution is 2.31. The molecule has 1 atom stereocenters. The number of aromatic nitrogens is 3. The van der Waals surface area contributed by atoms with Gasteiger partial charge in [0.05, 0.1) is 10.8 Å². The van der Waals surface area contributed by atoms with Crippen LogP contribution in [0.2, 0.25) is 0 Å². The van der Waals surface area contributed by atoms with E-state index < -0.39 is 23.0 Å². The second-order valence-electron chi connectivity index (χ2n) is 6.93. The van der Waals surface area contributed by atoms with E-state index in [-0.39, 0.29) is 11.8 Å². The van der Waals surface area contributed by atoms with Crippen LogP contribution in [0.15, 0.2) is 29.4 Å². The third kappa shape index (κ3) is 5.29. The molecular formula is C18H24FN5O2S. The van der Waals surface area contributed by atoms with Crippen molar-refractivity contribution in [2.75, 3.05) is 0 Å². The Balaban J connectivity index is 2.42. The van der Waals surface area contributed by atoms with E-state index in [1.54, 1.807) is 22.8 Å². The number of carbonyl (C=O) groups is 2. The lowest BCUT2D eigenvalue weighted by Gasteiger charge is -2.19. The molecule has 3 N–H and O–H groups in total. The van der Waals surface area contributed by atoms with Gasteiger partial charge in [-0.25, -0.2) is 9.18 Å². The molecule has 146 valence electrons. The summed E-state index contributed by atoms with van der Waals surface area (Å²) in [5.74, 6) is -0.312. The first-order valence-electron chi connectivity index (χ1n) is 8.65. The lowest BCUT2D eigenvalue weighted by atomic mass is 10.1. The number of primary amides is 1. The molecule has 1 aromatic carbocycles. The van der Waals surface area contributed by atoms with Crippen molar-refractivity contribution < 1.29 is 14.0 Å². The number of urea groups is 1. The Labute approximate surface area is 161 Å².